The van der Waals surface area contributed by atoms with E-state index >= 15 is 0 Å². The maximum Gasteiger partial charge on any atom is 0.339 e. The van der Waals surface area contributed by atoms with E-state index in [9.17, 15) is 9.59 Å². The Labute approximate surface area is 167 Å². The van der Waals surface area contributed by atoms with Crippen LogP contribution >= 0.6 is 0 Å². The lowest BCUT2D eigenvalue weighted by Crippen LogP contribution is -2.15. The van der Waals surface area contributed by atoms with Crippen LogP contribution in [0.3, 0.4) is 0 Å². The van der Waals surface area contributed by atoms with Gasteiger partial charge in [0.05, 0.1) is 42.4 Å². The van der Waals surface area contributed by atoms with E-state index in [1.165, 1.54) is 7.11 Å². The van der Waals surface area contributed by atoms with Crippen molar-refractivity contribution in [2.45, 2.75) is 6.54 Å². The number of nitrogens with zero attached hydrogens (tertiary/aromatic N) is 3. The Morgan fingerprint density at radius 1 is 1.03 bits per heavy atom. The molecule has 2 heterocycles. The number of aromatic nitrogens is 3. The molecule has 0 saturated carbocycles. The van der Waals surface area contributed by atoms with Crippen LogP contribution in [0.2, 0.25) is 0 Å². The number of amides is 1. The molecule has 0 fully saturated rings. The minimum Gasteiger partial charge on any atom is -0.465 e. The molecule has 1 amide bonds. The van der Waals surface area contributed by atoms with Crippen LogP contribution in [-0.2, 0) is 11.3 Å². The van der Waals surface area contributed by atoms with Crippen molar-refractivity contribution in [1.82, 2.24) is 14.5 Å². The number of carbonyl (C=O) groups is 2. The minimum absolute atomic E-state index is 0.298. The highest BCUT2D eigenvalue weighted by Gasteiger charge is 2.18. The van der Waals surface area contributed by atoms with E-state index in [4.69, 9.17) is 4.74 Å². The zero-order chi connectivity index (χ0) is 20.2. The quantitative estimate of drug-likeness (QED) is 0.531. The summed E-state index contributed by atoms with van der Waals surface area (Å²) in [7, 11) is 1.31. The highest BCUT2D eigenvalue weighted by molar-refractivity contribution is 6.14. The lowest BCUT2D eigenvalue weighted by molar-refractivity contribution is 0.0602. The summed E-state index contributed by atoms with van der Waals surface area (Å²) in [5.41, 5.74) is 2.90. The molecule has 0 atom stereocenters. The van der Waals surface area contributed by atoms with Crippen molar-refractivity contribution in [2.24, 2.45) is 0 Å². The lowest BCUT2D eigenvalue weighted by atomic mass is 10.1. The second-order valence-electron chi connectivity index (χ2n) is 6.38. The van der Waals surface area contributed by atoms with Gasteiger partial charge in [0.2, 0.25) is 0 Å². The molecule has 4 rings (SSSR count). The van der Waals surface area contributed by atoms with Crippen molar-refractivity contribution < 1.29 is 14.3 Å². The van der Waals surface area contributed by atoms with Crippen LogP contribution in [-0.4, -0.2) is 33.5 Å². The highest BCUT2D eigenvalue weighted by atomic mass is 16.5. The van der Waals surface area contributed by atoms with Gasteiger partial charge in [-0.3, -0.25) is 14.8 Å². The van der Waals surface area contributed by atoms with Gasteiger partial charge in [0, 0.05) is 29.5 Å². The molecule has 0 aliphatic rings. The third-order valence-electron chi connectivity index (χ3n) is 4.56. The number of methoxy groups -OCH3 is 1. The zero-order valence-corrected chi connectivity index (χ0v) is 15.7. The van der Waals surface area contributed by atoms with Gasteiger partial charge in [0.1, 0.15) is 0 Å². The van der Waals surface area contributed by atoms with Crippen molar-refractivity contribution in [3.63, 3.8) is 0 Å². The molecule has 0 spiro atoms. The fourth-order valence-corrected chi connectivity index (χ4v) is 3.21. The predicted molar refractivity (Wildman–Crippen MR) is 109 cm³/mol. The van der Waals surface area contributed by atoms with Crippen LogP contribution in [0, 0.1) is 0 Å². The van der Waals surface area contributed by atoms with E-state index in [0.29, 0.717) is 23.4 Å². The average molecular weight is 386 g/mol. The van der Waals surface area contributed by atoms with E-state index < -0.39 is 5.97 Å². The number of ether oxygens (including phenoxy) is 1. The van der Waals surface area contributed by atoms with Crippen LogP contribution in [0.15, 0.2) is 73.3 Å². The molecule has 0 radical (unpaired) electrons. The molecule has 7 nitrogen and oxygen atoms in total. The van der Waals surface area contributed by atoms with Crippen LogP contribution in [0.25, 0.3) is 10.9 Å². The van der Waals surface area contributed by atoms with Crippen LogP contribution < -0.4 is 5.32 Å². The van der Waals surface area contributed by atoms with Gasteiger partial charge in [-0.25, -0.2) is 4.79 Å². The van der Waals surface area contributed by atoms with E-state index in [1.54, 1.807) is 49.1 Å². The summed E-state index contributed by atoms with van der Waals surface area (Å²) in [6.07, 6.45) is 6.74. The molecule has 0 saturated heterocycles. The van der Waals surface area contributed by atoms with Gasteiger partial charge in [-0.15, -0.1) is 0 Å². The Kier molecular flexibility index (Phi) is 5.03. The van der Waals surface area contributed by atoms with Gasteiger partial charge in [0.25, 0.3) is 5.91 Å². The van der Waals surface area contributed by atoms with Gasteiger partial charge >= 0.3 is 5.97 Å². The first-order valence-electron chi connectivity index (χ1n) is 8.99. The van der Waals surface area contributed by atoms with E-state index in [-0.39, 0.29) is 5.91 Å². The molecule has 0 aliphatic heterocycles. The number of fused-ring (bicyclic) bond motifs is 1. The molecule has 4 aromatic rings. The van der Waals surface area contributed by atoms with Gasteiger partial charge in [-0.2, -0.15) is 0 Å². The molecule has 2 aromatic heterocycles. The number of rotatable bonds is 5. The fourth-order valence-electron chi connectivity index (χ4n) is 3.21. The smallest absolute Gasteiger partial charge is 0.339 e. The van der Waals surface area contributed by atoms with Crippen molar-refractivity contribution in [2.75, 3.05) is 12.4 Å². The summed E-state index contributed by atoms with van der Waals surface area (Å²) in [4.78, 5) is 33.4. The Balaban J connectivity index is 1.70. The van der Waals surface area contributed by atoms with E-state index in [2.05, 4.69) is 15.3 Å². The number of anilines is 1. The van der Waals surface area contributed by atoms with E-state index in [0.717, 1.165) is 16.6 Å². The molecule has 144 valence electrons. The number of hydrogen-bond donors (Lipinski definition) is 1. The number of hydrogen-bond acceptors (Lipinski definition) is 5. The molecule has 1 N–H and O–H groups in total. The second-order valence-corrected chi connectivity index (χ2v) is 6.38. The first-order chi connectivity index (χ1) is 14.2. The van der Waals surface area contributed by atoms with Crippen molar-refractivity contribution in [3.05, 3.63) is 90.1 Å². The molecular weight excluding hydrogens is 368 g/mol. The van der Waals surface area contributed by atoms with Crippen LogP contribution in [0.1, 0.15) is 26.4 Å². The Bertz CT molecular complexity index is 1190. The minimum atomic E-state index is -0.508. The standard InChI is InChI=1S/C22H18N4O3/c1-29-22(28)17-7-2-4-8-19(17)25-21(27)18-14-26(13-15-12-23-10-11-24-15)20-9-5-3-6-16(18)20/h2-12,14H,13H2,1H3,(H,25,27). The molecule has 2 aromatic carbocycles. The second kappa shape index (κ2) is 7.93. The van der Waals surface area contributed by atoms with Gasteiger partial charge in [-0.1, -0.05) is 30.3 Å². The first-order valence-corrected chi connectivity index (χ1v) is 8.99. The molecular formula is C22H18N4O3. The summed E-state index contributed by atoms with van der Waals surface area (Å²) in [6, 6.07) is 14.4. The average Bonchev–Trinajstić information content (AvgIpc) is 3.13. The number of nitrogens with one attached hydrogen (secondary N) is 1. The summed E-state index contributed by atoms with van der Waals surface area (Å²) in [6.45, 7) is 0.486. The topological polar surface area (TPSA) is 86.1 Å². The number of esters is 1. The Morgan fingerprint density at radius 3 is 2.62 bits per heavy atom. The summed E-state index contributed by atoms with van der Waals surface area (Å²) >= 11 is 0. The highest BCUT2D eigenvalue weighted by Crippen LogP contribution is 2.24. The molecule has 7 heteroatoms. The van der Waals surface area contributed by atoms with Crippen molar-refractivity contribution in [1.29, 1.82) is 0 Å². The fraction of sp³-hybridized carbons (Fsp3) is 0.0909. The summed E-state index contributed by atoms with van der Waals surface area (Å²) < 4.78 is 6.76. The Morgan fingerprint density at radius 2 is 1.83 bits per heavy atom. The number of carbonyl (C=O) groups excluding carboxylic acids is 2. The normalized spacial score (nSPS) is 10.7. The zero-order valence-electron chi connectivity index (χ0n) is 15.7. The maximum absolute atomic E-state index is 13.1. The molecule has 0 aliphatic carbocycles. The first kappa shape index (κ1) is 18.4. The number of benzene rings is 2. The van der Waals surface area contributed by atoms with Gasteiger partial charge in [0.15, 0.2) is 0 Å². The predicted octanol–water partition coefficient (Wildman–Crippen LogP) is 3.52. The van der Waals surface area contributed by atoms with Crippen LogP contribution in [0.5, 0.6) is 0 Å². The largest absolute Gasteiger partial charge is 0.465 e. The van der Waals surface area contributed by atoms with E-state index in [1.807, 2.05) is 28.8 Å². The lowest BCUT2D eigenvalue weighted by Gasteiger charge is -2.09. The maximum atomic E-state index is 13.1. The van der Waals surface area contributed by atoms with Crippen molar-refractivity contribution >= 4 is 28.5 Å². The third-order valence-corrected chi connectivity index (χ3v) is 4.56. The Hall–Kier alpha value is -4.00. The molecule has 29 heavy (non-hydrogen) atoms. The molecule has 0 bridgehead atoms. The number of para-hydroxylation sites is 2. The SMILES string of the molecule is COC(=O)c1ccccc1NC(=O)c1cn(Cc2cnccn2)c2ccccc12. The summed E-state index contributed by atoms with van der Waals surface area (Å²) in [5, 5.41) is 3.64. The van der Waals surface area contributed by atoms with Crippen LogP contribution in [0.4, 0.5) is 5.69 Å². The monoisotopic (exact) mass is 386 g/mol. The van der Waals surface area contributed by atoms with Crippen molar-refractivity contribution in [3.8, 4) is 0 Å². The third kappa shape index (κ3) is 3.70. The van der Waals surface area contributed by atoms with Gasteiger partial charge in [-0.05, 0) is 18.2 Å². The van der Waals surface area contributed by atoms with Gasteiger partial charge < -0.3 is 14.6 Å². The molecule has 0 unspecified atom stereocenters. The summed E-state index contributed by atoms with van der Waals surface area (Å²) in [5.74, 6) is -0.818.